The smallest absolute Gasteiger partial charge is 0.264 e. The molecule has 0 aliphatic rings. The highest BCUT2D eigenvalue weighted by Crippen LogP contribution is 2.27. The molecule has 0 spiro atoms. The zero-order valence-corrected chi connectivity index (χ0v) is 22.2. The summed E-state index contributed by atoms with van der Waals surface area (Å²) in [5.74, 6) is -0.882. The Kier molecular flexibility index (Phi) is 7.93. The maximum absolute atomic E-state index is 13.4. The SMILES string of the molecule is Cc1ccc(S(=O)(=O)N(C)c2ccccc2C(=O)Nc2ccccc2C(=O)N[C@H](C)c2ccccc2)cc1. The van der Waals surface area contributed by atoms with Gasteiger partial charge < -0.3 is 10.6 Å². The summed E-state index contributed by atoms with van der Waals surface area (Å²) in [5.41, 5.74) is 2.86. The van der Waals surface area contributed by atoms with E-state index < -0.39 is 15.9 Å². The minimum absolute atomic E-state index is 0.121. The lowest BCUT2D eigenvalue weighted by Gasteiger charge is -2.22. The Labute approximate surface area is 223 Å². The molecule has 1 atom stereocenters. The van der Waals surface area contributed by atoms with E-state index in [1.807, 2.05) is 44.2 Å². The van der Waals surface area contributed by atoms with E-state index in [-0.39, 0.29) is 28.1 Å². The van der Waals surface area contributed by atoms with Crippen LogP contribution in [0.3, 0.4) is 0 Å². The van der Waals surface area contributed by atoms with Gasteiger partial charge in [0.05, 0.1) is 33.4 Å². The van der Waals surface area contributed by atoms with Crippen LogP contribution in [-0.4, -0.2) is 27.3 Å². The van der Waals surface area contributed by atoms with Crippen molar-refractivity contribution in [2.24, 2.45) is 0 Å². The van der Waals surface area contributed by atoms with Crippen LogP contribution in [0.2, 0.25) is 0 Å². The van der Waals surface area contributed by atoms with Gasteiger partial charge in [0.15, 0.2) is 0 Å². The number of carbonyl (C=O) groups is 2. The number of aryl methyl sites for hydroxylation is 1. The molecule has 0 bridgehead atoms. The number of sulfonamides is 1. The van der Waals surface area contributed by atoms with Crippen molar-refractivity contribution in [1.29, 1.82) is 0 Å². The van der Waals surface area contributed by atoms with Gasteiger partial charge in [-0.05, 0) is 55.8 Å². The fraction of sp³-hybridized carbons (Fsp3) is 0.133. The van der Waals surface area contributed by atoms with Gasteiger partial charge in [0, 0.05) is 7.05 Å². The second-order valence-electron chi connectivity index (χ2n) is 8.91. The van der Waals surface area contributed by atoms with Gasteiger partial charge >= 0.3 is 0 Å². The van der Waals surface area contributed by atoms with Gasteiger partial charge in [-0.15, -0.1) is 0 Å². The number of anilines is 2. The topological polar surface area (TPSA) is 95.6 Å². The zero-order valence-electron chi connectivity index (χ0n) is 21.4. The van der Waals surface area contributed by atoms with Crippen molar-refractivity contribution in [1.82, 2.24) is 5.32 Å². The highest BCUT2D eigenvalue weighted by atomic mass is 32.2. The largest absolute Gasteiger partial charge is 0.345 e. The van der Waals surface area contributed by atoms with Gasteiger partial charge in [-0.1, -0.05) is 72.3 Å². The first-order valence-electron chi connectivity index (χ1n) is 12.1. The van der Waals surface area contributed by atoms with Gasteiger partial charge in [-0.25, -0.2) is 8.42 Å². The molecule has 4 aromatic rings. The zero-order chi connectivity index (χ0) is 27.3. The van der Waals surface area contributed by atoms with E-state index in [1.54, 1.807) is 60.7 Å². The van der Waals surface area contributed by atoms with E-state index in [9.17, 15) is 18.0 Å². The number of carbonyl (C=O) groups excluding carboxylic acids is 2. The maximum Gasteiger partial charge on any atom is 0.264 e. The molecule has 0 heterocycles. The summed E-state index contributed by atoms with van der Waals surface area (Å²) in [5, 5.41) is 5.75. The summed E-state index contributed by atoms with van der Waals surface area (Å²) < 4.78 is 27.7. The van der Waals surface area contributed by atoms with Crippen LogP contribution >= 0.6 is 0 Å². The quantitative estimate of drug-likeness (QED) is 0.313. The van der Waals surface area contributed by atoms with Crippen molar-refractivity contribution in [2.75, 3.05) is 16.7 Å². The number of para-hydroxylation sites is 2. The molecule has 0 aliphatic heterocycles. The van der Waals surface area contributed by atoms with E-state index in [1.165, 1.54) is 19.2 Å². The van der Waals surface area contributed by atoms with Crippen LogP contribution in [0.1, 0.15) is 44.8 Å². The Morgan fingerprint density at radius 1 is 0.737 bits per heavy atom. The molecule has 194 valence electrons. The van der Waals surface area contributed by atoms with Crippen LogP contribution < -0.4 is 14.9 Å². The Morgan fingerprint density at radius 3 is 2.00 bits per heavy atom. The minimum Gasteiger partial charge on any atom is -0.345 e. The molecule has 0 saturated heterocycles. The van der Waals surface area contributed by atoms with E-state index in [2.05, 4.69) is 10.6 Å². The highest BCUT2D eigenvalue weighted by molar-refractivity contribution is 7.92. The lowest BCUT2D eigenvalue weighted by atomic mass is 10.1. The molecule has 0 unspecified atom stereocenters. The second-order valence-corrected chi connectivity index (χ2v) is 10.9. The third-order valence-electron chi connectivity index (χ3n) is 6.23. The normalized spacial score (nSPS) is 11.9. The van der Waals surface area contributed by atoms with Gasteiger partial charge in [0.1, 0.15) is 0 Å². The van der Waals surface area contributed by atoms with E-state index in [0.717, 1.165) is 15.4 Å². The third-order valence-corrected chi connectivity index (χ3v) is 8.02. The number of nitrogens with one attached hydrogen (secondary N) is 2. The Morgan fingerprint density at radius 2 is 1.32 bits per heavy atom. The molecule has 7 nitrogen and oxygen atoms in total. The molecule has 8 heteroatoms. The maximum atomic E-state index is 13.4. The molecule has 0 fully saturated rings. The molecular weight excluding hydrogens is 498 g/mol. The fourth-order valence-corrected chi connectivity index (χ4v) is 5.23. The summed E-state index contributed by atoms with van der Waals surface area (Å²) >= 11 is 0. The molecule has 2 amide bonds. The van der Waals surface area contributed by atoms with E-state index in [0.29, 0.717) is 11.3 Å². The molecule has 0 aromatic heterocycles. The lowest BCUT2D eigenvalue weighted by molar-refractivity contribution is 0.0940. The average molecular weight is 528 g/mol. The van der Waals surface area contributed by atoms with Crippen molar-refractivity contribution < 1.29 is 18.0 Å². The van der Waals surface area contributed by atoms with Crippen LogP contribution in [0.5, 0.6) is 0 Å². The van der Waals surface area contributed by atoms with Crippen LogP contribution in [-0.2, 0) is 10.0 Å². The number of hydrogen-bond acceptors (Lipinski definition) is 4. The molecule has 0 aliphatic carbocycles. The standard InChI is InChI=1S/C30H29N3O4S/c1-21-17-19-24(20-18-21)38(36,37)33(3)28-16-10-8-14-26(28)30(35)32-27-15-9-7-13-25(27)29(34)31-22(2)23-11-5-4-6-12-23/h4-20,22H,1-3H3,(H,31,34)(H,32,35)/t22-/m1/s1. The van der Waals surface area contributed by atoms with E-state index >= 15 is 0 Å². The van der Waals surface area contributed by atoms with Gasteiger partial charge in [-0.3, -0.25) is 13.9 Å². The summed E-state index contributed by atoms with van der Waals surface area (Å²) in [6.07, 6.45) is 0. The number of amides is 2. The molecule has 0 saturated carbocycles. The van der Waals surface area contributed by atoms with Crippen molar-refractivity contribution >= 4 is 33.2 Å². The highest BCUT2D eigenvalue weighted by Gasteiger charge is 2.25. The Balaban J connectivity index is 1.58. The number of rotatable bonds is 8. The van der Waals surface area contributed by atoms with Crippen molar-refractivity contribution in [2.45, 2.75) is 24.8 Å². The first-order valence-corrected chi connectivity index (χ1v) is 13.5. The number of hydrogen-bond donors (Lipinski definition) is 2. The van der Waals surface area contributed by atoms with Crippen LogP contribution in [0, 0.1) is 6.92 Å². The summed E-state index contributed by atoms with van der Waals surface area (Å²) in [4.78, 5) is 26.6. The van der Waals surface area contributed by atoms with Crippen LogP contribution in [0.4, 0.5) is 11.4 Å². The predicted molar refractivity (Wildman–Crippen MR) is 150 cm³/mol. The Hall–Kier alpha value is -4.43. The minimum atomic E-state index is -3.91. The summed E-state index contributed by atoms with van der Waals surface area (Å²) in [6, 6.07) is 29.0. The lowest BCUT2D eigenvalue weighted by Crippen LogP contribution is -2.30. The summed E-state index contributed by atoms with van der Waals surface area (Å²) in [6.45, 7) is 3.76. The average Bonchev–Trinajstić information content (AvgIpc) is 2.93. The molecule has 2 N–H and O–H groups in total. The third kappa shape index (κ3) is 5.76. The van der Waals surface area contributed by atoms with Crippen molar-refractivity contribution in [3.8, 4) is 0 Å². The molecule has 4 aromatic carbocycles. The summed E-state index contributed by atoms with van der Waals surface area (Å²) in [7, 11) is -2.50. The van der Waals surface area contributed by atoms with Gasteiger partial charge in [0.25, 0.3) is 21.8 Å². The van der Waals surface area contributed by atoms with Crippen molar-refractivity contribution in [3.05, 3.63) is 125 Å². The van der Waals surface area contributed by atoms with Gasteiger partial charge in [-0.2, -0.15) is 0 Å². The first kappa shape index (κ1) is 26.6. The predicted octanol–water partition coefficient (Wildman–Crippen LogP) is 5.56. The van der Waals surface area contributed by atoms with Crippen LogP contribution in [0.25, 0.3) is 0 Å². The van der Waals surface area contributed by atoms with Crippen LogP contribution in [0.15, 0.2) is 108 Å². The Bertz CT molecular complexity index is 1550. The molecule has 38 heavy (non-hydrogen) atoms. The van der Waals surface area contributed by atoms with E-state index in [4.69, 9.17) is 0 Å². The first-order chi connectivity index (χ1) is 18.2. The molecular formula is C30H29N3O4S. The number of nitrogens with zero attached hydrogens (tertiary/aromatic N) is 1. The van der Waals surface area contributed by atoms with Gasteiger partial charge in [0.2, 0.25) is 0 Å². The van der Waals surface area contributed by atoms with Crippen molar-refractivity contribution in [3.63, 3.8) is 0 Å². The number of benzene rings is 4. The molecule has 0 radical (unpaired) electrons. The monoisotopic (exact) mass is 527 g/mol. The second kappa shape index (κ2) is 11.3. The molecule has 4 rings (SSSR count). The fourth-order valence-electron chi connectivity index (χ4n) is 4.02.